The summed E-state index contributed by atoms with van der Waals surface area (Å²) in [5.41, 5.74) is 5.37. The summed E-state index contributed by atoms with van der Waals surface area (Å²) in [7, 11) is 0. The van der Waals surface area contributed by atoms with Gasteiger partial charge in [-0.2, -0.15) is 0 Å². The lowest BCUT2D eigenvalue weighted by molar-refractivity contribution is 0.0501. The lowest BCUT2D eigenvalue weighted by Crippen LogP contribution is -2.30. The van der Waals surface area contributed by atoms with E-state index >= 15 is 0 Å². The number of carbonyl (C=O) groups is 2. The van der Waals surface area contributed by atoms with Crippen molar-refractivity contribution in [2.75, 3.05) is 13.2 Å². The van der Waals surface area contributed by atoms with Crippen molar-refractivity contribution in [1.29, 1.82) is 0 Å². The monoisotopic (exact) mass is 300 g/mol. The molecular formula is C11H13BrN2O3. The Balaban J connectivity index is 2.28. The first-order valence-corrected chi connectivity index (χ1v) is 5.85. The van der Waals surface area contributed by atoms with Gasteiger partial charge in [0.15, 0.2) is 0 Å². The quantitative estimate of drug-likeness (QED) is 0.641. The van der Waals surface area contributed by atoms with Gasteiger partial charge in [0.1, 0.15) is 0 Å². The Bertz CT molecular complexity index is 409. The molecule has 0 saturated heterocycles. The topological polar surface area (TPSA) is 81.4 Å². The number of esters is 1. The highest BCUT2D eigenvalue weighted by atomic mass is 79.9. The van der Waals surface area contributed by atoms with E-state index in [-0.39, 0.29) is 12.6 Å². The van der Waals surface area contributed by atoms with E-state index in [0.29, 0.717) is 18.5 Å². The molecule has 1 rings (SSSR count). The minimum Gasteiger partial charge on any atom is -0.462 e. The summed E-state index contributed by atoms with van der Waals surface area (Å²) in [5, 5.41) is 2.41. The third-order valence-electron chi connectivity index (χ3n) is 1.91. The van der Waals surface area contributed by atoms with Gasteiger partial charge in [-0.1, -0.05) is 22.0 Å². The molecule has 0 spiro atoms. The standard InChI is InChI=1S/C11H13BrN2O3/c12-9-4-1-3-8(7-9)10(15)17-6-2-5-14-11(13)16/h1,3-4,7H,2,5-6H2,(H3,13,14,16). The van der Waals surface area contributed by atoms with Gasteiger partial charge in [0, 0.05) is 11.0 Å². The summed E-state index contributed by atoms with van der Waals surface area (Å²) in [6.07, 6.45) is 0.530. The summed E-state index contributed by atoms with van der Waals surface area (Å²) >= 11 is 3.27. The summed E-state index contributed by atoms with van der Waals surface area (Å²) in [6.45, 7) is 0.632. The second-order valence-electron chi connectivity index (χ2n) is 3.29. The van der Waals surface area contributed by atoms with Crippen molar-refractivity contribution in [1.82, 2.24) is 5.32 Å². The molecule has 0 aliphatic rings. The van der Waals surface area contributed by atoms with Crippen LogP contribution in [0.5, 0.6) is 0 Å². The van der Waals surface area contributed by atoms with Gasteiger partial charge in [0.25, 0.3) is 0 Å². The number of halogens is 1. The van der Waals surface area contributed by atoms with E-state index in [1.54, 1.807) is 18.2 Å². The van der Waals surface area contributed by atoms with Crippen LogP contribution < -0.4 is 11.1 Å². The molecule has 0 heterocycles. The molecule has 0 bridgehead atoms. The molecule has 0 radical (unpaired) electrons. The molecule has 0 aliphatic carbocycles. The Morgan fingerprint density at radius 2 is 2.18 bits per heavy atom. The zero-order valence-electron chi connectivity index (χ0n) is 9.11. The number of primary amides is 1. The SMILES string of the molecule is NC(=O)NCCCOC(=O)c1cccc(Br)c1. The number of benzene rings is 1. The Morgan fingerprint density at radius 1 is 1.41 bits per heavy atom. The van der Waals surface area contributed by atoms with Crippen LogP contribution in [0, 0.1) is 0 Å². The molecule has 1 aromatic rings. The van der Waals surface area contributed by atoms with Crippen molar-refractivity contribution in [2.45, 2.75) is 6.42 Å². The zero-order valence-corrected chi connectivity index (χ0v) is 10.7. The summed E-state index contributed by atoms with van der Waals surface area (Å²) in [4.78, 5) is 21.9. The smallest absolute Gasteiger partial charge is 0.338 e. The number of nitrogens with one attached hydrogen (secondary N) is 1. The molecule has 0 aliphatic heterocycles. The van der Waals surface area contributed by atoms with E-state index in [1.165, 1.54) is 0 Å². The molecule has 1 aromatic carbocycles. The fourth-order valence-electron chi connectivity index (χ4n) is 1.15. The van der Waals surface area contributed by atoms with Gasteiger partial charge in [-0.3, -0.25) is 0 Å². The molecule has 3 N–H and O–H groups in total. The lowest BCUT2D eigenvalue weighted by Gasteiger charge is -2.05. The largest absolute Gasteiger partial charge is 0.462 e. The van der Waals surface area contributed by atoms with E-state index in [4.69, 9.17) is 10.5 Å². The van der Waals surface area contributed by atoms with Crippen molar-refractivity contribution in [3.63, 3.8) is 0 Å². The van der Waals surface area contributed by atoms with Crippen LogP contribution in [0.15, 0.2) is 28.7 Å². The first-order valence-electron chi connectivity index (χ1n) is 5.05. The van der Waals surface area contributed by atoms with Crippen LogP contribution in [-0.4, -0.2) is 25.2 Å². The van der Waals surface area contributed by atoms with Gasteiger partial charge in [0.2, 0.25) is 0 Å². The maximum absolute atomic E-state index is 11.5. The number of amides is 2. The molecule has 2 amide bonds. The van der Waals surface area contributed by atoms with Crippen LogP contribution in [0.4, 0.5) is 4.79 Å². The van der Waals surface area contributed by atoms with E-state index in [2.05, 4.69) is 21.2 Å². The predicted molar refractivity (Wildman–Crippen MR) is 66.6 cm³/mol. The molecule has 17 heavy (non-hydrogen) atoms. The molecular weight excluding hydrogens is 288 g/mol. The fourth-order valence-corrected chi connectivity index (χ4v) is 1.55. The number of hydrogen-bond donors (Lipinski definition) is 2. The van der Waals surface area contributed by atoms with Gasteiger partial charge in [-0.25, -0.2) is 9.59 Å². The number of nitrogens with two attached hydrogens (primary N) is 1. The van der Waals surface area contributed by atoms with Crippen molar-refractivity contribution in [3.8, 4) is 0 Å². The van der Waals surface area contributed by atoms with E-state index < -0.39 is 6.03 Å². The second-order valence-corrected chi connectivity index (χ2v) is 4.21. The van der Waals surface area contributed by atoms with Gasteiger partial charge >= 0.3 is 12.0 Å². The van der Waals surface area contributed by atoms with Crippen LogP contribution in [-0.2, 0) is 4.74 Å². The minimum atomic E-state index is -0.580. The van der Waals surface area contributed by atoms with Crippen molar-refractivity contribution < 1.29 is 14.3 Å². The third-order valence-corrected chi connectivity index (χ3v) is 2.41. The fraction of sp³-hybridized carbons (Fsp3) is 0.273. The maximum Gasteiger partial charge on any atom is 0.338 e. The first-order chi connectivity index (χ1) is 8.09. The average Bonchev–Trinajstić information content (AvgIpc) is 2.28. The molecule has 0 fully saturated rings. The van der Waals surface area contributed by atoms with Gasteiger partial charge in [-0.05, 0) is 24.6 Å². The molecule has 0 atom stereocenters. The Labute approximate surface area is 107 Å². The van der Waals surface area contributed by atoms with Crippen molar-refractivity contribution in [3.05, 3.63) is 34.3 Å². The predicted octanol–water partition coefficient (Wildman–Crippen LogP) is 1.66. The molecule has 5 nitrogen and oxygen atoms in total. The third kappa shape index (κ3) is 5.35. The lowest BCUT2D eigenvalue weighted by atomic mass is 10.2. The highest BCUT2D eigenvalue weighted by Gasteiger charge is 2.06. The molecule has 0 saturated carbocycles. The summed E-state index contributed by atoms with van der Waals surface area (Å²) in [6, 6.07) is 6.37. The normalized spacial score (nSPS) is 9.71. The number of urea groups is 1. The van der Waals surface area contributed by atoms with Crippen LogP contribution in [0.3, 0.4) is 0 Å². The van der Waals surface area contributed by atoms with Crippen molar-refractivity contribution >= 4 is 27.9 Å². The number of carbonyl (C=O) groups excluding carboxylic acids is 2. The zero-order chi connectivity index (χ0) is 12.7. The van der Waals surface area contributed by atoms with Crippen LogP contribution in [0.2, 0.25) is 0 Å². The van der Waals surface area contributed by atoms with Gasteiger partial charge in [0.05, 0.1) is 12.2 Å². The van der Waals surface area contributed by atoms with Crippen LogP contribution >= 0.6 is 15.9 Å². The minimum absolute atomic E-state index is 0.242. The van der Waals surface area contributed by atoms with E-state index in [0.717, 1.165) is 4.47 Å². The highest BCUT2D eigenvalue weighted by Crippen LogP contribution is 2.12. The molecule has 92 valence electrons. The highest BCUT2D eigenvalue weighted by molar-refractivity contribution is 9.10. The second kappa shape index (κ2) is 6.90. The number of hydrogen-bond acceptors (Lipinski definition) is 3. The van der Waals surface area contributed by atoms with Crippen LogP contribution in [0.1, 0.15) is 16.8 Å². The van der Waals surface area contributed by atoms with E-state index in [9.17, 15) is 9.59 Å². The van der Waals surface area contributed by atoms with E-state index in [1.807, 2.05) is 6.07 Å². The average molecular weight is 301 g/mol. The Hall–Kier alpha value is -1.56. The number of rotatable bonds is 5. The van der Waals surface area contributed by atoms with Crippen LogP contribution in [0.25, 0.3) is 0 Å². The molecule has 0 aromatic heterocycles. The Morgan fingerprint density at radius 3 is 2.82 bits per heavy atom. The molecule has 0 unspecified atom stereocenters. The maximum atomic E-state index is 11.5. The first kappa shape index (κ1) is 13.5. The van der Waals surface area contributed by atoms with Gasteiger partial charge in [-0.15, -0.1) is 0 Å². The molecule has 6 heteroatoms. The van der Waals surface area contributed by atoms with Crippen molar-refractivity contribution in [2.24, 2.45) is 5.73 Å². The summed E-state index contributed by atoms with van der Waals surface area (Å²) < 4.78 is 5.83. The Kier molecular flexibility index (Phi) is 5.48. The van der Waals surface area contributed by atoms with Gasteiger partial charge < -0.3 is 15.8 Å². The number of ether oxygens (including phenoxy) is 1. The summed E-state index contributed by atoms with van der Waals surface area (Å²) in [5.74, 6) is -0.384.